The lowest BCUT2D eigenvalue weighted by atomic mass is 10.0. The molecule has 1 fully saturated rings. The van der Waals surface area contributed by atoms with Crippen LogP contribution in [0, 0.1) is 0 Å². The Bertz CT molecular complexity index is 745. The molecule has 1 aliphatic rings. The molecule has 0 bridgehead atoms. The predicted octanol–water partition coefficient (Wildman–Crippen LogP) is 2.57. The van der Waals surface area contributed by atoms with Gasteiger partial charge in [-0.3, -0.25) is 9.69 Å². The fraction of sp³-hybridized carbons (Fsp3) is 0.421. The average Bonchev–Trinajstić information content (AvgIpc) is 3.00. The summed E-state index contributed by atoms with van der Waals surface area (Å²) in [5.74, 6) is 1.75. The second-order valence-electron chi connectivity index (χ2n) is 6.23. The zero-order valence-corrected chi connectivity index (χ0v) is 14.5. The van der Waals surface area contributed by atoms with Crippen molar-refractivity contribution < 1.29 is 14.3 Å². The molecule has 24 heavy (non-hydrogen) atoms. The minimum Gasteiger partial charge on any atom is -0.496 e. The monoisotopic (exact) mass is 328 g/mol. The van der Waals surface area contributed by atoms with Crippen molar-refractivity contribution in [2.75, 3.05) is 27.3 Å². The van der Waals surface area contributed by atoms with Gasteiger partial charge in [0.25, 0.3) is 0 Å². The Labute approximate surface area is 142 Å². The molecule has 0 spiro atoms. The molecule has 0 saturated carbocycles. The summed E-state index contributed by atoms with van der Waals surface area (Å²) in [6.07, 6.45) is 0.991. The molecule has 1 atom stereocenters. The van der Waals surface area contributed by atoms with Crippen molar-refractivity contribution in [1.29, 1.82) is 0 Å². The number of ether oxygens (including phenoxy) is 2. The normalized spacial score (nSPS) is 17.9. The summed E-state index contributed by atoms with van der Waals surface area (Å²) < 4.78 is 11.1. The van der Waals surface area contributed by atoms with E-state index in [4.69, 9.17) is 9.47 Å². The SMILES string of the molecule is COc1ccc(CN2CC[C@@H](NC(C)=O)C2)c2c(OC)cccc12. The van der Waals surface area contributed by atoms with Crippen molar-refractivity contribution in [3.05, 3.63) is 35.9 Å². The van der Waals surface area contributed by atoms with E-state index in [1.807, 2.05) is 18.2 Å². The lowest BCUT2D eigenvalue weighted by molar-refractivity contribution is -0.119. The van der Waals surface area contributed by atoms with Crippen molar-refractivity contribution in [3.63, 3.8) is 0 Å². The van der Waals surface area contributed by atoms with Gasteiger partial charge in [0.1, 0.15) is 11.5 Å². The topological polar surface area (TPSA) is 50.8 Å². The van der Waals surface area contributed by atoms with Crippen LogP contribution >= 0.6 is 0 Å². The predicted molar refractivity (Wildman–Crippen MR) is 94.6 cm³/mol. The fourth-order valence-electron chi connectivity index (χ4n) is 3.52. The molecule has 128 valence electrons. The third-order valence-corrected chi connectivity index (χ3v) is 4.56. The summed E-state index contributed by atoms with van der Waals surface area (Å²) in [6, 6.07) is 10.4. The Morgan fingerprint density at radius 2 is 2.00 bits per heavy atom. The summed E-state index contributed by atoms with van der Waals surface area (Å²) in [6.45, 7) is 4.26. The number of benzene rings is 2. The van der Waals surface area contributed by atoms with Crippen molar-refractivity contribution in [2.24, 2.45) is 0 Å². The first-order chi connectivity index (χ1) is 11.6. The molecule has 2 aromatic carbocycles. The van der Waals surface area contributed by atoms with E-state index in [-0.39, 0.29) is 11.9 Å². The lowest BCUT2D eigenvalue weighted by Crippen LogP contribution is -2.35. The molecule has 2 aromatic rings. The number of fused-ring (bicyclic) bond motifs is 1. The van der Waals surface area contributed by atoms with E-state index in [1.54, 1.807) is 21.1 Å². The van der Waals surface area contributed by atoms with Gasteiger partial charge in [-0.25, -0.2) is 0 Å². The minimum absolute atomic E-state index is 0.0402. The lowest BCUT2D eigenvalue weighted by Gasteiger charge is -2.19. The number of likely N-dealkylation sites (tertiary alicyclic amines) is 1. The van der Waals surface area contributed by atoms with Crippen LogP contribution in [0.2, 0.25) is 0 Å². The maximum Gasteiger partial charge on any atom is 0.217 e. The summed E-state index contributed by atoms with van der Waals surface area (Å²) in [4.78, 5) is 13.6. The first kappa shape index (κ1) is 16.6. The van der Waals surface area contributed by atoms with E-state index >= 15 is 0 Å². The molecular formula is C19H24N2O3. The molecule has 3 rings (SSSR count). The van der Waals surface area contributed by atoms with E-state index in [1.165, 1.54) is 5.56 Å². The van der Waals surface area contributed by atoms with Gasteiger partial charge in [-0.1, -0.05) is 18.2 Å². The van der Waals surface area contributed by atoms with Gasteiger partial charge in [0.05, 0.1) is 14.2 Å². The van der Waals surface area contributed by atoms with Crippen LogP contribution < -0.4 is 14.8 Å². The van der Waals surface area contributed by atoms with Crippen LogP contribution in [0.25, 0.3) is 10.8 Å². The van der Waals surface area contributed by atoms with Crippen LogP contribution in [0.5, 0.6) is 11.5 Å². The molecule has 1 heterocycles. The fourth-order valence-corrected chi connectivity index (χ4v) is 3.52. The molecule has 0 unspecified atom stereocenters. The number of nitrogens with one attached hydrogen (secondary N) is 1. The second-order valence-corrected chi connectivity index (χ2v) is 6.23. The molecule has 5 heteroatoms. The van der Waals surface area contributed by atoms with Gasteiger partial charge < -0.3 is 14.8 Å². The van der Waals surface area contributed by atoms with E-state index in [9.17, 15) is 4.79 Å². The maximum atomic E-state index is 11.2. The van der Waals surface area contributed by atoms with E-state index in [0.717, 1.165) is 48.3 Å². The zero-order valence-electron chi connectivity index (χ0n) is 14.5. The van der Waals surface area contributed by atoms with Crippen LogP contribution in [0.1, 0.15) is 18.9 Å². The number of hydrogen-bond donors (Lipinski definition) is 1. The molecule has 0 aromatic heterocycles. The number of methoxy groups -OCH3 is 2. The molecule has 1 N–H and O–H groups in total. The van der Waals surface area contributed by atoms with E-state index in [2.05, 4.69) is 22.3 Å². The zero-order chi connectivity index (χ0) is 17.1. The molecule has 1 amide bonds. The molecular weight excluding hydrogens is 304 g/mol. The highest BCUT2D eigenvalue weighted by Gasteiger charge is 2.24. The number of hydrogen-bond acceptors (Lipinski definition) is 4. The minimum atomic E-state index is 0.0402. The molecule has 1 aliphatic heterocycles. The van der Waals surface area contributed by atoms with Gasteiger partial charge in [-0.15, -0.1) is 0 Å². The number of rotatable bonds is 5. The summed E-state index contributed by atoms with van der Waals surface area (Å²) in [5.41, 5.74) is 1.21. The summed E-state index contributed by atoms with van der Waals surface area (Å²) in [7, 11) is 3.38. The third kappa shape index (κ3) is 3.31. The standard InChI is InChI=1S/C19H24N2O3/c1-13(22)20-15-9-10-21(12-15)11-14-7-8-17(23-2)16-5-4-6-18(24-3)19(14)16/h4-8,15H,9-12H2,1-3H3,(H,20,22)/t15-/m1/s1. The number of amides is 1. The number of nitrogens with zero attached hydrogens (tertiary/aromatic N) is 1. The van der Waals surface area contributed by atoms with Gasteiger partial charge in [-0.2, -0.15) is 0 Å². The van der Waals surface area contributed by atoms with Crippen LogP contribution in [-0.2, 0) is 11.3 Å². The largest absolute Gasteiger partial charge is 0.496 e. The maximum absolute atomic E-state index is 11.2. The number of carbonyl (C=O) groups is 1. The molecule has 0 aliphatic carbocycles. The van der Waals surface area contributed by atoms with Gasteiger partial charge in [0, 0.05) is 43.4 Å². The molecule has 1 saturated heterocycles. The van der Waals surface area contributed by atoms with Crippen LogP contribution in [0.3, 0.4) is 0 Å². The third-order valence-electron chi connectivity index (χ3n) is 4.56. The Morgan fingerprint density at radius 1 is 1.21 bits per heavy atom. The highest BCUT2D eigenvalue weighted by molar-refractivity contribution is 5.95. The first-order valence-electron chi connectivity index (χ1n) is 8.24. The van der Waals surface area contributed by atoms with Crippen LogP contribution in [0.15, 0.2) is 30.3 Å². The van der Waals surface area contributed by atoms with Gasteiger partial charge in [0.15, 0.2) is 0 Å². The Morgan fingerprint density at radius 3 is 2.71 bits per heavy atom. The highest BCUT2D eigenvalue weighted by Crippen LogP contribution is 2.35. The number of carbonyl (C=O) groups excluding carboxylic acids is 1. The van der Waals surface area contributed by atoms with Crippen LogP contribution in [0.4, 0.5) is 0 Å². The van der Waals surface area contributed by atoms with Crippen molar-refractivity contribution >= 4 is 16.7 Å². The highest BCUT2D eigenvalue weighted by atomic mass is 16.5. The Hall–Kier alpha value is -2.27. The van der Waals surface area contributed by atoms with E-state index in [0.29, 0.717) is 0 Å². The van der Waals surface area contributed by atoms with E-state index < -0.39 is 0 Å². The van der Waals surface area contributed by atoms with Crippen molar-refractivity contribution in [2.45, 2.75) is 25.9 Å². The van der Waals surface area contributed by atoms with Crippen LogP contribution in [-0.4, -0.2) is 44.2 Å². The smallest absolute Gasteiger partial charge is 0.217 e. The van der Waals surface area contributed by atoms with Gasteiger partial charge in [0.2, 0.25) is 5.91 Å². The molecule has 0 radical (unpaired) electrons. The second kappa shape index (κ2) is 7.09. The van der Waals surface area contributed by atoms with Crippen molar-refractivity contribution in [3.8, 4) is 11.5 Å². The summed E-state index contributed by atoms with van der Waals surface area (Å²) >= 11 is 0. The van der Waals surface area contributed by atoms with Gasteiger partial charge >= 0.3 is 0 Å². The Balaban J connectivity index is 1.89. The average molecular weight is 328 g/mol. The Kier molecular flexibility index (Phi) is 4.90. The van der Waals surface area contributed by atoms with Gasteiger partial charge in [-0.05, 0) is 24.1 Å². The first-order valence-corrected chi connectivity index (χ1v) is 8.24. The van der Waals surface area contributed by atoms with Crippen molar-refractivity contribution in [1.82, 2.24) is 10.2 Å². The summed E-state index contributed by atoms with van der Waals surface area (Å²) in [5, 5.41) is 5.17. The quantitative estimate of drug-likeness (QED) is 0.916. The molecule has 5 nitrogen and oxygen atoms in total.